The van der Waals surface area contributed by atoms with Gasteiger partial charge in [-0.3, -0.25) is 4.79 Å². The van der Waals surface area contributed by atoms with Crippen molar-refractivity contribution in [3.05, 3.63) is 65.5 Å². The van der Waals surface area contributed by atoms with Crippen LogP contribution in [0, 0.1) is 6.92 Å². The first kappa shape index (κ1) is 20.0. The molecule has 1 saturated heterocycles. The Kier molecular flexibility index (Phi) is 5.76. The zero-order valence-corrected chi connectivity index (χ0v) is 17.2. The number of rotatable bonds is 6. The lowest BCUT2D eigenvalue weighted by Gasteiger charge is -2.38. The second-order valence-electron chi connectivity index (χ2n) is 7.49. The number of carbonyl (C=O) groups is 1. The molecule has 1 N–H and O–H groups in total. The summed E-state index contributed by atoms with van der Waals surface area (Å²) in [6.07, 6.45) is 1.70. The normalized spacial score (nSPS) is 15.5. The molecule has 4 rings (SSSR count). The van der Waals surface area contributed by atoms with E-state index >= 15 is 0 Å². The summed E-state index contributed by atoms with van der Waals surface area (Å²) in [6.45, 7) is 3.71. The van der Waals surface area contributed by atoms with Crippen LogP contribution in [0.4, 0.5) is 0 Å². The Hall–Kier alpha value is -3.26. The number of hydrogen-bond donors (Lipinski definition) is 1. The van der Waals surface area contributed by atoms with E-state index in [4.69, 9.17) is 9.47 Å². The number of nitrogens with zero attached hydrogens (tertiary/aromatic N) is 4. The largest absolute Gasteiger partial charge is 0.497 e. The number of aryl methyl sites for hydroxylation is 1. The number of hydrogen-bond acceptors (Lipinski definition) is 6. The van der Waals surface area contributed by atoms with Gasteiger partial charge in [-0.2, -0.15) is 4.68 Å². The van der Waals surface area contributed by atoms with Crippen LogP contribution in [0.15, 0.2) is 48.5 Å². The number of carbonyl (C=O) groups excluding carboxylic acids is 1. The van der Waals surface area contributed by atoms with Gasteiger partial charge in [-0.15, -0.1) is 5.10 Å². The summed E-state index contributed by atoms with van der Waals surface area (Å²) in [7, 11) is 1.66. The van der Waals surface area contributed by atoms with Gasteiger partial charge in [0.05, 0.1) is 12.8 Å². The molecule has 1 aromatic heterocycles. The minimum atomic E-state index is -0.162. The molecule has 0 spiro atoms. The number of methoxy groups -OCH3 is 1. The van der Waals surface area contributed by atoms with Crippen LogP contribution in [0.1, 0.15) is 34.6 Å². The summed E-state index contributed by atoms with van der Waals surface area (Å²) in [5.74, 6) is 1.36. The molecule has 8 heteroatoms. The molecule has 8 nitrogen and oxygen atoms in total. The lowest BCUT2D eigenvalue weighted by molar-refractivity contribution is 0.0487. The fourth-order valence-electron chi connectivity index (χ4n) is 3.87. The van der Waals surface area contributed by atoms with Gasteiger partial charge < -0.3 is 14.8 Å². The quantitative estimate of drug-likeness (QED) is 0.675. The van der Waals surface area contributed by atoms with Gasteiger partial charge in [0.2, 0.25) is 0 Å². The van der Waals surface area contributed by atoms with Crippen molar-refractivity contribution >= 4 is 5.91 Å². The highest BCUT2D eigenvalue weighted by Crippen LogP contribution is 2.35. The first-order valence-electron chi connectivity index (χ1n) is 9.97. The van der Waals surface area contributed by atoms with E-state index in [1.807, 2.05) is 31.2 Å². The second-order valence-corrected chi connectivity index (χ2v) is 7.49. The molecule has 1 aliphatic heterocycles. The first-order valence-corrected chi connectivity index (χ1v) is 9.97. The van der Waals surface area contributed by atoms with E-state index in [1.165, 1.54) is 5.56 Å². The van der Waals surface area contributed by atoms with Gasteiger partial charge in [-0.1, -0.05) is 18.2 Å². The third-order valence-electron chi connectivity index (χ3n) is 5.72. The van der Waals surface area contributed by atoms with Crippen LogP contribution in [-0.2, 0) is 10.2 Å². The predicted molar refractivity (Wildman–Crippen MR) is 111 cm³/mol. The van der Waals surface area contributed by atoms with Crippen molar-refractivity contribution in [3.8, 4) is 11.4 Å². The Morgan fingerprint density at radius 3 is 2.63 bits per heavy atom. The van der Waals surface area contributed by atoms with Crippen LogP contribution >= 0.6 is 0 Å². The lowest BCUT2D eigenvalue weighted by Crippen LogP contribution is -2.44. The Bertz CT molecular complexity index is 1010. The van der Waals surface area contributed by atoms with Crippen molar-refractivity contribution < 1.29 is 14.3 Å². The van der Waals surface area contributed by atoms with Crippen molar-refractivity contribution in [2.75, 3.05) is 26.9 Å². The van der Waals surface area contributed by atoms with Gasteiger partial charge in [0.25, 0.3) is 5.91 Å². The molecule has 0 unspecified atom stereocenters. The minimum Gasteiger partial charge on any atom is -0.497 e. The highest BCUT2D eigenvalue weighted by molar-refractivity contribution is 5.94. The highest BCUT2D eigenvalue weighted by atomic mass is 16.5. The van der Waals surface area contributed by atoms with E-state index in [-0.39, 0.29) is 11.3 Å². The fraction of sp³-hybridized carbons (Fsp3) is 0.364. The molecule has 0 saturated carbocycles. The number of nitrogens with one attached hydrogen (secondary N) is 1. The Morgan fingerprint density at radius 2 is 1.97 bits per heavy atom. The summed E-state index contributed by atoms with van der Waals surface area (Å²) in [5, 5.41) is 14.7. The fourth-order valence-corrected chi connectivity index (χ4v) is 3.87. The van der Waals surface area contributed by atoms with Crippen molar-refractivity contribution in [2.45, 2.75) is 25.2 Å². The Morgan fingerprint density at radius 1 is 1.20 bits per heavy atom. The zero-order valence-electron chi connectivity index (χ0n) is 17.2. The van der Waals surface area contributed by atoms with Crippen molar-refractivity contribution in [1.82, 2.24) is 25.5 Å². The molecule has 30 heavy (non-hydrogen) atoms. The SMILES string of the molecule is COc1ccc(C2(CNC(=O)c3cccc(-n4nnnc4C)c3)CCOCC2)cc1. The van der Waals surface area contributed by atoms with E-state index in [1.54, 1.807) is 23.9 Å². The number of aromatic nitrogens is 4. The average molecular weight is 407 g/mol. The summed E-state index contributed by atoms with van der Waals surface area (Å²) >= 11 is 0. The van der Waals surface area contributed by atoms with Gasteiger partial charge in [0, 0.05) is 30.7 Å². The van der Waals surface area contributed by atoms with Crippen LogP contribution in [0.25, 0.3) is 5.69 Å². The topological polar surface area (TPSA) is 91.2 Å². The number of amides is 1. The smallest absolute Gasteiger partial charge is 0.251 e. The van der Waals surface area contributed by atoms with Crippen molar-refractivity contribution in [2.24, 2.45) is 0 Å². The molecule has 1 aliphatic rings. The van der Waals surface area contributed by atoms with Crippen LogP contribution in [-0.4, -0.2) is 53.0 Å². The van der Waals surface area contributed by atoms with Crippen LogP contribution in [0.2, 0.25) is 0 Å². The van der Waals surface area contributed by atoms with E-state index in [0.717, 1.165) is 24.3 Å². The summed E-state index contributed by atoms with van der Waals surface area (Å²) in [5.41, 5.74) is 2.34. The predicted octanol–water partition coefficient (Wildman–Crippen LogP) is 2.46. The van der Waals surface area contributed by atoms with E-state index in [9.17, 15) is 4.79 Å². The maximum Gasteiger partial charge on any atom is 0.251 e. The molecule has 0 bridgehead atoms. The number of ether oxygens (including phenoxy) is 2. The highest BCUT2D eigenvalue weighted by Gasteiger charge is 2.35. The standard InChI is InChI=1S/C22H25N5O3/c1-16-24-25-26-27(16)19-5-3-4-17(14-19)21(28)23-15-22(10-12-30-13-11-22)18-6-8-20(29-2)9-7-18/h3-9,14H,10-13,15H2,1-2H3,(H,23,28). The molecule has 156 valence electrons. The van der Waals surface area contributed by atoms with E-state index in [0.29, 0.717) is 31.1 Å². The van der Waals surface area contributed by atoms with Gasteiger partial charge in [-0.05, 0) is 66.1 Å². The molecule has 2 heterocycles. The monoisotopic (exact) mass is 407 g/mol. The summed E-state index contributed by atoms with van der Waals surface area (Å²) in [4.78, 5) is 12.9. The molecule has 0 radical (unpaired) electrons. The molecule has 0 aliphatic carbocycles. The third-order valence-corrected chi connectivity index (χ3v) is 5.72. The number of benzene rings is 2. The molecular weight excluding hydrogens is 382 g/mol. The van der Waals surface area contributed by atoms with E-state index < -0.39 is 0 Å². The third kappa shape index (κ3) is 4.04. The molecular formula is C22H25N5O3. The molecule has 3 aromatic rings. The van der Waals surface area contributed by atoms with Crippen molar-refractivity contribution in [1.29, 1.82) is 0 Å². The van der Waals surface area contributed by atoms with Gasteiger partial charge >= 0.3 is 0 Å². The summed E-state index contributed by atoms with van der Waals surface area (Å²) in [6, 6.07) is 15.4. The Labute approximate surface area is 175 Å². The minimum absolute atomic E-state index is 0.123. The van der Waals surface area contributed by atoms with Crippen LogP contribution in [0.3, 0.4) is 0 Å². The molecule has 2 aromatic carbocycles. The van der Waals surface area contributed by atoms with Crippen LogP contribution in [0.5, 0.6) is 5.75 Å². The Balaban J connectivity index is 1.52. The van der Waals surface area contributed by atoms with Gasteiger partial charge in [0.1, 0.15) is 5.75 Å². The van der Waals surface area contributed by atoms with E-state index in [2.05, 4.69) is 33.0 Å². The summed E-state index contributed by atoms with van der Waals surface area (Å²) < 4.78 is 12.5. The zero-order chi connectivity index (χ0) is 21.0. The van der Waals surface area contributed by atoms with Crippen molar-refractivity contribution in [3.63, 3.8) is 0 Å². The maximum absolute atomic E-state index is 12.9. The lowest BCUT2D eigenvalue weighted by atomic mass is 9.74. The van der Waals surface area contributed by atoms with Crippen LogP contribution < -0.4 is 10.1 Å². The maximum atomic E-state index is 12.9. The van der Waals surface area contributed by atoms with Gasteiger partial charge in [0.15, 0.2) is 5.82 Å². The van der Waals surface area contributed by atoms with Gasteiger partial charge in [-0.25, -0.2) is 0 Å². The second kappa shape index (κ2) is 8.62. The molecule has 1 fully saturated rings. The first-order chi connectivity index (χ1) is 14.6. The molecule has 0 atom stereocenters. The number of tetrazole rings is 1. The molecule has 1 amide bonds. The average Bonchev–Trinajstić information content (AvgIpc) is 3.24.